The van der Waals surface area contributed by atoms with E-state index >= 15 is 0 Å². The topological polar surface area (TPSA) is 59.3 Å². The maximum Gasteiger partial charge on any atom is 0.237 e. The van der Waals surface area contributed by atoms with Gasteiger partial charge in [0.25, 0.3) is 0 Å². The zero-order valence-electron chi connectivity index (χ0n) is 10.6. The van der Waals surface area contributed by atoms with Crippen LogP contribution >= 0.6 is 11.8 Å². The van der Waals surface area contributed by atoms with Crippen LogP contribution in [0.5, 0.6) is 0 Å². The van der Waals surface area contributed by atoms with E-state index in [-0.39, 0.29) is 5.91 Å². The van der Waals surface area contributed by atoms with Gasteiger partial charge in [-0.1, -0.05) is 24.3 Å². The monoisotopic (exact) mass is 284 g/mol. The van der Waals surface area contributed by atoms with Crippen LogP contribution < -0.4 is 5.32 Å². The van der Waals surface area contributed by atoms with Crippen LogP contribution in [0, 0.1) is 0 Å². The summed E-state index contributed by atoms with van der Waals surface area (Å²) >= 11 is 1.49. The lowest BCUT2D eigenvalue weighted by Crippen LogP contribution is -2.16. The number of hydrogen-bond acceptors (Lipinski definition) is 4. The number of hydrogen-bond donors (Lipinski definition) is 1. The van der Waals surface area contributed by atoms with Gasteiger partial charge in [0.15, 0.2) is 5.65 Å². The molecule has 3 aromatic rings. The van der Waals surface area contributed by atoms with Crippen molar-refractivity contribution >= 4 is 29.3 Å². The second kappa shape index (κ2) is 5.75. The Morgan fingerprint density at radius 1 is 1.10 bits per heavy atom. The van der Waals surface area contributed by atoms with E-state index in [9.17, 15) is 4.79 Å². The zero-order valence-corrected chi connectivity index (χ0v) is 11.4. The fourth-order valence-corrected chi connectivity index (χ4v) is 2.47. The second-order valence-corrected chi connectivity index (χ2v) is 5.15. The summed E-state index contributed by atoms with van der Waals surface area (Å²) in [6.07, 6.45) is 1.81. The standard InChI is InChI=1S/C14H12N4OS/c19-13(10-20-11-6-2-1-3-7-11)15-14-17-16-12-8-4-5-9-18(12)14/h1-9H,10H2,(H,15,17,19). The first kappa shape index (κ1) is 12.7. The molecule has 0 aliphatic rings. The molecule has 0 spiro atoms. The number of carbonyl (C=O) groups excluding carboxylic acids is 1. The Labute approximate surface area is 120 Å². The van der Waals surface area contributed by atoms with Crippen LogP contribution in [0.15, 0.2) is 59.6 Å². The van der Waals surface area contributed by atoms with Gasteiger partial charge in [0.2, 0.25) is 11.9 Å². The molecule has 0 radical (unpaired) electrons. The molecule has 0 bridgehead atoms. The molecule has 2 heterocycles. The summed E-state index contributed by atoms with van der Waals surface area (Å²) in [4.78, 5) is 13.0. The van der Waals surface area contributed by atoms with E-state index in [0.29, 0.717) is 17.3 Å². The highest BCUT2D eigenvalue weighted by atomic mass is 32.2. The number of rotatable bonds is 4. The molecular weight excluding hydrogens is 272 g/mol. The predicted molar refractivity (Wildman–Crippen MR) is 78.8 cm³/mol. The van der Waals surface area contributed by atoms with Crippen LogP contribution in [-0.2, 0) is 4.79 Å². The quantitative estimate of drug-likeness (QED) is 0.748. The minimum absolute atomic E-state index is 0.1000. The van der Waals surface area contributed by atoms with Gasteiger partial charge < -0.3 is 0 Å². The van der Waals surface area contributed by atoms with Crippen molar-refractivity contribution in [2.24, 2.45) is 0 Å². The molecule has 0 fully saturated rings. The summed E-state index contributed by atoms with van der Waals surface area (Å²) in [5.41, 5.74) is 0.707. The lowest BCUT2D eigenvalue weighted by molar-refractivity contribution is -0.113. The van der Waals surface area contributed by atoms with Crippen LogP contribution in [-0.4, -0.2) is 26.3 Å². The number of nitrogens with one attached hydrogen (secondary N) is 1. The first-order valence-corrected chi connectivity index (χ1v) is 7.09. The fourth-order valence-electron chi connectivity index (χ4n) is 1.75. The highest BCUT2D eigenvalue weighted by Crippen LogP contribution is 2.17. The lowest BCUT2D eigenvalue weighted by atomic mass is 10.4. The Bertz CT molecular complexity index is 726. The number of aromatic nitrogens is 3. The molecule has 0 atom stereocenters. The number of amides is 1. The van der Waals surface area contributed by atoms with Gasteiger partial charge in [0, 0.05) is 11.1 Å². The highest BCUT2D eigenvalue weighted by molar-refractivity contribution is 8.00. The molecule has 0 unspecified atom stereocenters. The number of anilines is 1. The van der Waals surface area contributed by atoms with E-state index in [1.54, 1.807) is 4.40 Å². The van der Waals surface area contributed by atoms with E-state index in [1.165, 1.54) is 11.8 Å². The molecular formula is C14H12N4OS. The summed E-state index contributed by atoms with van der Waals surface area (Å²) in [7, 11) is 0. The van der Waals surface area contributed by atoms with E-state index in [0.717, 1.165) is 4.90 Å². The third-order valence-corrected chi connectivity index (χ3v) is 3.69. The second-order valence-electron chi connectivity index (χ2n) is 4.10. The van der Waals surface area contributed by atoms with Crippen molar-refractivity contribution in [3.05, 3.63) is 54.7 Å². The van der Waals surface area contributed by atoms with Gasteiger partial charge in [-0.15, -0.1) is 22.0 Å². The van der Waals surface area contributed by atoms with Gasteiger partial charge >= 0.3 is 0 Å². The third kappa shape index (κ3) is 2.80. The minimum Gasteiger partial charge on any atom is -0.294 e. The molecule has 5 nitrogen and oxygen atoms in total. The van der Waals surface area contributed by atoms with E-state index < -0.39 is 0 Å². The largest absolute Gasteiger partial charge is 0.294 e. The Hall–Kier alpha value is -2.34. The number of benzene rings is 1. The summed E-state index contributed by atoms with van der Waals surface area (Å²) in [6, 6.07) is 15.4. The Kier molecular flexibility index (Phi) is 3.64. The molecule has 0 saturated heterocycles. The molecule has 3 rings (SSSR count). The number of nitrogens with zero attached hydrogens (tertiary/aromatic N) is 3. The van der Waals surface area contributed by atoms with Gasteiger partial charge in [0.05, 0.1) is 5.75 Å². The molecule has 1 amide bonds. The highest BCUT2D eigenvalue weighted by Gasteiger charge is 2.08. The third-order valence-electron chi connectivity index (χ3n) is 2.68. The Morgan fingerprint density at radius 2 is 1.90 bits per heavy atom. The molecule has 0 aliphatic carbocycles. The molecule has 0 aliphatic heterocycles. The molecule has 0 saturated carbocycles. The lowest BCUT2D eigenvalue weighted by Gasteiger charge is -2.03. The van der Waals surface area contributed by atoms with Crippen molar-refractivity contribution in [3.63, 3.8) is 0 Å². The van der Waals surface area contributed by atoms with Gasteiger partial charge in [-0.3, -0.25) is 14.5 Å². The average molecular weight is 284 g/mol. The van der Waals surface area contributed by atoms with Crippen molar-refractivity contribution in [3.8, 4) is 0 Å². The zero-order chi connectivity index (χ0) is 13.8. The molecule has 2 aromatic heterocycles. The van der Waals surface area contributed by atoms with Gasteiger partial charge in [-0.25, -0.2) is 0 Å². The summed E-state index contributed by atoms with van der Waals surface area (Å²) in [5.74, 6) is 0.683. The minimum atomic E-state index is -0.1000. The normalized spacial score (nSPS) is 10.6. The molecule has 20 heavy (non-hydrogen) atoms. The fraction of sp³-hybridized carbons (Fsp3) is 0.0714. The van der Waals surface area contributed by atoms with Crippen LogP contribution in [0.4, 0.5) is 5.95 Å². The Balaban J connectivity index is 1.64. The van der Waals surface area contributed by atoms with Crippen molar-refractivity contribution < 1.29 is 4.79 Å². The van der Waals surface area contributed by atoms with Gasteiger partial charge in [-0.2, -0.15) is 0 Å². The predicted octanol–water partition coefficient (Wildman–Crippen LogP) is 2.46. The van der Waals surface area contributed by atoms with E-state index in [2.05, 4.69) is 15.5 Å². The molecule has 1 aromatic carbocycles. The van der Waals surface area contributed by atoms with Crippen LogP contribution in [0.2, 0.25) is 0 Å². The number of carbonyl (C=O) groups is 1. The SMILES string of the molecule is O=C(CSc1ccccc1)Nc1nnc2ccccn12. The van der Waals surface area contributed by atoms with Crippen molar-refractivity contribution in [2.45, 2.75) is 4.90 Å². The number of pyridine rings is 1. The van der Waals surface area contributed by atoms with Crippen LogP contribution in [0.25, 0.3) is 5.65 Å². The molecule has 100 valence electrons. The summed E-state index contributed by atoms with van der Waals surface area (Å²) < 4.78 is 1.74. The van der Waals surface area contributed by atoms with Crippen molar-refractivity contribution in [1.82, 2.24) is 14.6 Å². The maximum atomic E-state index is 11.9. The summed E-state index contributed by atoms with van der Waals surface area (Å²) in [6.45, 7) is 0. The summed E-state index contributed by atoms with van der Waals surface area (Å²) in [5, 5.41) is 10.7. The van der Waals surface area contributed by atoms with Crippen molar-refractivity contribution in [2.75, 3.05) is 11.1 Å². The number of thioether (sulfide) groups is 1. The molecule has 1 N–H and O–H groups in total. The van der Waals surface area contributed by atoms with Crippen molar-refractivity contribution in [1.29, 1.82) is 0 Å². The maximum absolute atomic E-state index is 11.9. The van der Waals surface area contributed by atoms with E-state index in [4.69, 9.17) is 0 Å². The van der Waals surface area contributed by atoms with Gasteiger partial charge in [0.1, 0.15) is 0 Å². The number of fused-ring (bicyclic) bond motifs is 1. The van der Waals surface area contributed by atoms with E-state index in [1.807, 2.05) is 54.7 Å². The average Bonchev–Trinajstić information content (AvgIpc) is 2.90. The van der Waals surface area contributed by atoms with Crippen LogP contribution in [0.1, 0.15) is 0 Å². The smallest absolute Gasteiger partial charge is 0.237 e. The Morgan fingerprint density at radius 3 is 2.75 bits per heavy atom. The van der Waals surface area contributed by atoms with Crippen LogP contribution in [0.3, 0.4) is 0 Å². The first-order valence-electron chi connectivity index (χ1n) is 6.10. The first-order chi connectivity index (χ1) is 9.83. The van der Waals surface area contributed by atoms with Gasteiger partial charge in [-0.05, 0) is 24.3 Å². The molecule has 6 heteroatoms.